The van der Waals surface area contributed by atoms with Gasteiger partial charge in [-0.05, 0) is 44.4 Å². The highest BCUT2D eigenvalue weighted by molar-refractivity contribution is 6.30. The lowest BCUT2D eigenvalue weighted by molar-refractivity contribution is 0.0519. The molecule has 1 amide bonds. The van der Waals surface area contributed by atoms with Crippen LogP contribution < -0.4 is 10.6 Å². The minimum absolute atomic E-state index is 0.170. The lowest BCUT2D eigenvalue weighted by Crippen LogP contribution is -2.45. The van der Waals surface area contributed by atoms with Crippen LogP contribution in [0.4, 0.5) is 4.79 Å². The summed E-state index contributed by atoms with van der Waals surface area (Å²) >= 11 is 5.88. The number of hydrogen-bond donors (Lipinski definition) is 2. The number of ether oxygens (including phenoxy) is 1. The number of nitrogens with one attached hydrogen (secondary N) is 2. The van der Waals surface area contributed by atoms with Gasteiger partial charge in [-0.15, -0.1) is 0 Å². The Morgan fingerprint density at radius 1 is 1.23 bits per heavy atom. The molecule has 0 aliphatic rings. The molecule has 0 fully saturated rings. The van der Waals surface area contributed by atoms with E-state index in [0.717, 1.165) is 17.1 Å². The van der Waals surface area contributed by atoms with Crippen molar-refractivity contribution in [3.63, 3.8) is 0 Å². The summed E-state index contributed by atoms with van der Waals surface area (Å²) in [5.74, 6) is 0.391. The number of alkyl carbamates (subject to hydrolysis) is 1. The topological polar surface area (TPSA) is 50.4 Å². The standard InChI is InChI=1S/C17H27ClN2O2/c1-12(2)15(11-20-16(21)22-17(3,4)5)19-10-13-6-8-14(18)9-7-13/h6-9,12,15,19H,10-11H2,1-5H3,(H,20,21). The molecule has 1 aromatic rings. The van der Waals surface area contributed by atoms with E-state index in [1.807, 2.05) is 45.0 Å². The van der Waals surface area contributed by atoms with Crippen molar-refractivity contribution in [2.45, 2.75) is 52.8 Å². The predicted molar refractivity (Wildman–Crippen MR) is 91.2 cm³/mol. The third-order valence-electron chi connectivity index (χ3n) is 3.15. The van der Waals surface area contributed by atoms with E-state index in [9.17, 15) is 4.79 Å². The average molecular weight is 327 g/mol. The van der Waals surface area contributed by atoms with Crippen molar-refractivity contribution in [3.05, 3.63) is 34.9 Å². The second-order valence-corrected chi connectivity index (χ2v) is 7.18. The molecule has 0 saturated heterocycles. The molecular weight excluding hydrogens is 300 g/mol. The van der Waals surface area contributed by atoms with E-state index >= 15 is 0 Å². The second-order valence-electron chi connectivity index (χ2n) is 6.74. The lowest BCUT2D eigenvalue weighted by Gasteiger charge is -2.25. The maximum absolute atomic E-state index is 11.7. The van der Waals surface area contributed by atoms with Crippen LogP contribution in [0.3, 0.4) is 0 Å². The van der Waals surface area contributed by atoms with Gasteiger partial charge in [0.05, 0.1) is 0 Å². The van der Waals surface area contributed by atoms with Crippen LogP contribution in [0.25, 0.3) is 0 Å². The molecule has 1 unspecified atom stereocenters. The molecule has 0 radical (unpaired) electrons. The first-order valence-corrected chi connectivity index (χ1v) is 8.00. The van der Waals surface area contributed by atoms with Gasteiger partial charge in [0.15, 0.2) is 0 Å². The largest absolute Gasteiger partial charge is 0.444 e. The quantitative estimate of drug-likeness (QED) is 0.831. The van der Waals surface area contributed by atoms with E-state index in [0.29, 0.717) is 12.5 Å². The van der Waals surface area contributed by atoms with Gasteiger partial charge in [0, 0.05) is 24.2 Å². The monoisotopic (exact) mass is 326 g/mol. The molecular formula is C17H27ClN2O2. The van der Waals surface area contributed by atoms with Crippen LogP contribution >= 0.6 is 11.6 Å². The van der Waals surface area contributed by atoms with Crippen molar-refractivity contribution in [2.75, 3.05) is 6.54 Å². The fourth-order valence-corrected chi connectivity index (χ4v) is 2.03. The Hall–Kier alpha value is -1.26. The van der Waals surface area contributed by atoms with E-state index in [2.05, 4.69) is 24.5 Å². The van der Waals surface area contributed by atoms with Crippen molar-refractivity contribution in [1.29, 1.82) is 0 Å². The third-order valence-corrected chi connectivity index (χ3v) is 3.40. The Labute approximate surface area is 138 Å². The number of rotatable bonds is 6. The highest BCUT2D eigenvalue weighted by atomic mass is 35.5. The Morgan fingerprint density at radius 2 is 1.82 bits per heavy atom. The van der Waals surface area contributed by atoms with Gasteiger partial charge in [0.25, 0.3) is 0 Å². The molecule has 0 saturated carbocycles. The van der Waals surface area contributed by atoms with Crippen LogP contribution in [0.5, 0.6) is 0 Å². The van der Waals surface area contributed by atoms with Crippen LogP contribution in [-0.4, -0.2) is 24.3 Å². The zero-order valence-corrected chi connectivity index (χ0v) is 14.8. The molecule has 0 bridgehead atoms. The highest BCUT2D eigenvalue weighted by Gasteiger charge is 2.18. The van der Waals surface area contributed by atoms with E-state index in [4.69, 9.17) is 16.3 Å². The molecule has 124 valence electrons. The SMILES string of the molecule is CC(C)C(CNC(=O)OC(C)(C)C)NCc1ccc(Cl)cc1. The molecule has 0 aliphatic heterocycles. The van der Waals surface area contributed by atoms with Crippen molar-refractivity contribution >= 4 is 17.7 Å². The number of halogens is 1. The summed E-state index contributed by atoms with van der Waals surface area (Å²) in [6, 6.07) is 7.91. The summed E-state index contributed by atoms with van der Waals surface area (Å²) in [5.41, 5.74) is 0.682. The van der Waals surface area contributed by atoms with Gasteiger partial charge in [-0.1, -0.05) is 37.6 Å². The molecule has 1 atom stereocenters. The van der Waals surface area contributed by atoms with E-state index in [-0.39, 0.29) is 12.1 Å². The first-order valence-electron chi connectivity index (χ1n) is 7.62. The number of carbonyl (C=O) groups excluding carboxylic acids is 1. The van der Waals surface area contributed by atoms with Gasteiger partial charge >= 0.3 is 6.09 Å². The first kappa shape index (κ1) is 18.8. The summed E-state index contributed by atoms with van der Waals surface area (Å²) in [6.45, 7) is 11.1. The van der Waals surface area contributed by atoms with Gasteiger partial charge in [-0.2, -0.15) is 0 Å². The minimum Gasteiger partial charge on any atom is -0.444 e. The van der Waals surface area contributed by atoms with Crippen LogP contribution in [0.15, 0.2) is 24.3 Å². The van der Waals surface area contributed by atoms with Crippen molar-refractivity contribution in [1.82, 2.24) is 10.6 Å². The molecule has 2 N–H and O–H groups in total. The number of carbonyl (C=O) groups is 1. The molecule has 0 spiro atoms. The van der Waals surface area contributed by atoms with Crippen molar-refractivity contribution in [3.8, 4) is 0 Å². The molecule has 4 nitrogen and oxygen atoms in total. The highest BCUT2D eigenvalue weighted by Crippen LogP contribution is 2.10. The van der Waals surface area contributed by atoms with Gasteiger partial charge in [0.2, 0.25) is 0 Å². The average Bonchev–Trinajstić information content (AvgIpc) is 2.38. The van der Waals surface area contributed by atoms with Gasteiger partial charge in [-0.25, -0.2) is 4.79 Å². The normalized spacial score (nSPS) is 13.0. The Balaban J connectivity index is 2.45. The minimum atomic E-state index is -0.478. The van der Waals surface area contributed by atoms with Crippen LogP contribution in [-0.2, 0) is 11.3 Å². The Bertz CT molecular complexity index is 467. The third kappa shape index (κ3) is 7.66. The number of amides is 1. The summed E-state index contributed by atoms with van der Waals surface area (Å²) < 4.78 is 5.25. The van der Waals surface area contributed by atoms with Crippen LogP contribution in [0.1, 0.15) is 40.2 Å². The fourth-order valence-electron chi connectivity index (χ4n) is 1.90. The van der Waals surface area contributed by atoms with Gasteiger partial charge in [0.1, 0.15) is 5.60 Å². The van der Waals surface area contributed by atoms with Crippen molar-refractivity contribution < 1.29 is 9.53 Å². The maximum atomic E-state index is 11.7. The van der Waals surface area contributed by atoms with E-state index < -0.39 is 5.60 Å². The van der Waals surface area contributed by atoms with E-state index in [1.54, 1.807) is 0 Å². The molecule has 22 heavy (non-hydrogen) atoms. The zero-order valence-electron chi connectivity index (χ0n) is 14.1. The molecule has 0 aromatic heterocycles. The molecule has 0 heterocycles. The summed E-state index contributed by atoms with van der Waals surface area (Å²) in [6.07, 6.45) is -0.383. The maximum Gasteiger partial charge on any atom is 0.407 e. The number of benzene rings is 1. The van der Waals surface area contributed by atoms with E-state index in [1.165, 1.54) is 0 Å². The molecule has 0 aliphatic carbocycles. The Morgan fingerprint density at radius 3 is 2.32 bits per heavy atom. The summed E-state index contributed by atoms with van der Waals surface area (Å²) in [7, 11) is 0. The second kappa shape index (κ2) is 8.39. The van der Waals surface area contributed by atoms with Crippen LogP contribution in [0, 0.1) is 5.92 Å². The predicted octanol–water partition coefficient (Wildman–Crippen LogP) is 3.98. The zero-order chi connectivity index (χ0) is 16.8. The first-order chi connectivity index (χ1) is 10.2. The smallest absolute Gasteiger partial charge is 0.407 e. The van der Waals surface area contributed by atoms with Gasteiger partial charge in [-0.3, -0.25) is 0 Å². The summed E-state index contributed by atoms with van der Waals surface area (Å²) in [4.78, 5) is 11.7. The Kier molecular flexibility index (Phi) is 7.17. The molecule has 1 aromatic carbocycles. The molecule has 1 rings (SSSR count). The molecule has 5 heteroatoms. The fraction of sp³-hybridized carbons (Fsp3) is 0.588. The number of hydrogen-bond acceptors (Lipinski definition) is 3. The van der Waals surface area contributed by atoms with Crippen LogP contribution in [0.2, 0.25) is 5.02 Å². The summed E-state index contributed by atoms with van der Waals surface area (Å²) in [5, 5.41) is 7.01. The van der Waals surface area contributed by atoms with Crippen molar-refractivity contribution in [2.24, 2.45) is 5.92 Å². The lowest BCUT2D eigenvalue weighted by atomic mass is 10.0. The van der Waals surface area contributed by atoms with Gasteiger partial charge < -0.3 is 15.4 Å².